The van der Waals surface area contributed by atoms with Crippen molar-refractivity contribution in [3.8, 4) is 0 Å². The lowest BCUT2D eigenvalue weighted by molar-refractivity contribution is -0.157. The molecule has 0 N–H and O–H groups in total. The predicted octanol–water partition coefficient (Wildman–Crippen LogP) is 3.35. The van der Waals surface area contributed by atoms with Crippen LogP contribution in [0.3, 0.4) is 0 Å². The van der Waals surface area contributed by atoms with Gasteiger partial charge in [0.15, 0.2) is 9.04 Å². The molecule has 0 bridgehead atoms. The van der Waals surface area contributed by atoms with Crippen molar-refractivity contribution in [3.63, 3.8) is 0 Å². The summed E-state index contributed by atoms with van der Waals surface area (Å²) in [6.45, 7) is 15.2. The third-order valence-electron chi connectivity index (χ3n) is 3.28. The molecule has 146 valence electrons. The van der Waals surface area contributed by atoms with Crippen molar-refractivity contribution in [3.05, 3.63) is 0 Å². The maximum atomic E-state index is 12.1. The topological polar surface area (TPSA) is 88.1 Å². The molecule has 0 heterocycles. The molecule has 8 heteroatoms. The summed E-state index contributed by atoms with van der Waals surface area (Å²) in [6.07, 6.45) is -2.05. The van der Waals surface area contributed by atoms with E-state index in [1.54, 1.807) is 27.7 Å². The average molecular weight is 377 g/mol. The van der Waals surface area contributed by atoms with Crippen LogP contribution in [0.15, 0.2) is 0 Å². The maximum absolute atomic E-state index is 12.1. The zero-order valence-corrected chi connectivity index (χ0v) is 17.8. The van der Waals surface area contributed by atoms with Gasteiger partial charge < -0.3 is 18.6 Å². The molecule has 0 aromatic carbocycles. The fourth-order valence-electron chi connectivity index (χ4n) is 1.70. The minimum atomic E-state index is -1.70. The highest BCUT2D eigenvalue weighted by Crippen LogP contribution is 2.29. The number of ether oxygens (including phenoxy) is 3. The van der Waals surface area contributed by atoms with Gasteiger partial charge in [-0.1, -0.05) is 20.8 Å². The molecule has 7 nitrogen and oxygen atoms in total. The van der Waals surface area contributed by atoms with Crippen molar-refractivity contribution in [2.24, 2.45) is 0 Å². The van der Waals surface area contributed by atoms with Gasteiger partial charge >= 0.3 is 18.1 Å². The monoisotopic (exact) mass is 376 g/mol. The molecule has 0 aromatic heterocycles. The summed E-state index contributed by atoms with van der Waals surface area (Å²) in [5.74, 6) is -1.25. The zero-order chi connectivity index (χ0) is 19.8. The quantitative estimate of drug-likeness (QED) is 0.382. The lowest BCUT2D eigenvalue weighted by Crippen LogP contribution is -2.35. The van der Waals surface area contributed by atoms with Crippen molar-refractivity contribution in [1.29, 1.82) is 0 Å². The van der Waals surface area contributed by atoms with Crippen molar-refractivity contribution in [2.75, 3.05) is 6.61 Å². The molecule has 1 unspecified atom stereocenters. The molecule has 0 saturated carbocycles. The van der Waals surface area contributed by atoms with Crippen LogP contribution in [0.25, 0.3) is 0 Å². The number of hydrogen-bond acceptors (Lipinski definition) is 7. The number of rotatable bonds is 7. The summed E-state index contributed by atoms with van der Waals surface area (Å²) in [4.78, 5) is 35.2. The zero-order valence-electron chi connectivity index (χ0n) is 16.6. The molecule has 0 fully saturated rings. The molecule has 0 amide bonds. The van der Waals surface area contributed by atoms with Crippen molar-refractivity contribution < 1.29 is 33.0 Å². The summed E-state index contributed by atoms with van der Waals surface area (Å²) in [7, 11) is -1.70. The predicted molar refractivity (Wildman–Crippen MR) is 95.8 cm³/mol. The molecule has 0 aromatic rings. The molecule has 0 saturated heterocycles. The summed E-state index contributed by atoms with van der Waals surface area (Å²) >= 11 is 0. The molecule has 2 atom stereocenters. The normalized spacial score (nSPS) is 14.4. The van der Waals surface area contributed by atoms with Crippen molar-refractivity contribution >= 4 is 27.1 Å². The van der Waals surface area contributed by atoms with E-state index in [2.05, 4.69) is 9.47 Å². The molecule has 25 heavy (non-hydrogen) atoms. The number of carbonyl (C=O) groups excluding carboxylic acids is 3. The van der Waals surface area contributed by atoms with Crippen molar-refractivity contribution in [1.82, 2.24) is 0 Å². The molecular weight excluding hydrogens is 344 g/mol. The summed E-state index contributed by atoms with van der Waals surface area (Å²) in [5, 5.41) is -0.0444. The van der Waals surface area contributed by atoms with Gasteiger partial charge in [-0.2, -0.15) is 0 Å². The minimum Gasteiger partial charge on any atom is -0.460 e. The second kappa shape index (κ2) is 9.91. The van der Waals surface area contributed by atoms with Gasteiger partial charge in [-0.3, -0.25) is 9.59 Å². The van der Waals surface area contributed by atoms with Crippen LogP contribution in [0.2, 0.25) is 11.6 Å². The molecule has 0 aliphatic heterocycles. The van der Waals surface area contributed by atoms with E-state index >= 15 is 0 Å². The van der Waals surface area contributed by atoms with E-state index in [4.69, 9.17) is 9.16 Å². The van der Waals surface area contributed by atoms with E-state index < -0.39 is 38.8 Å². The number of hydrogen-bond donors (Lipinski definition) is 0. The Morgan fingerprint density at radius 3 is 1.92 bits per heavy atom. The van der Waals surface area contributed by atoms with Gasteiger partial charge in [0.25, 0.3) is 0 Å². The second-order valence-electron chi connectivity index (χ2n) is 7.92. The van der Waals surface area contributed by atoms with Crippen LogP contribution in [-0.2, 0) is 28.2 Å². The first-order valence-electron chi connectivity index (χ1n) is 8.49. The average Bonchev–Trinajstić information content (AvgIpc) is 2.34. The highest BCUT2D eigenvalue weighted by atomic mass is 28.3. The van der Waals surface area contributed by atoms with Crippen LogP contribution in [0.5, 0.6) is 0 Å². The molecule has 0 rings (SSSR count). The molecule has 0 spiro atoms. The Morgan fingerprint density at radius 1 is 0.960 bits per heavy atom. The maximum Gasteiger partial charge on any atom is 0.516 e. The van der Waals surface area contributed by atoms with E-state index in [1.807, 2.05) is 27.3 Å². The highest BCUT2D eigenvalue weighted by molar-refractivity contribution is 6.53. The largest absolute Gasteiger partial charge is 0.516 e. The Balaban J connectivity index is 4.91. The molecule has 0 aliphatic carbocycles. The van der Waals surface area contributed by atoms with Gasteiger partial charge in [0.05, 0.1) is 25.6 Å². The lowest BCUT2D eigenvalue weighted by Gasteiger charge is -2.30. The van der Waals surface area contributed by atoms with Crippen molar-refractivity contribution in [2.45, 2.75) is 84.6 Å². The van der Waals surface area contributed by atoms with Gasteiger partial charge in [-0.25, -0.2) is 4.79 Å². The third-order valence-corrected chi connectivity index (χ3v) is 6.52. The second-order valence-corrected chi connectivity index (χ2v) is 11.2. The minimum absolute atomic E-state index is 0.0444. The van der Waals surface area contributed by atoms with Crippen LogP contribution < -0.4 is 0 Å². The Labute approximate surface area is 152 Å². The van der Waals surface area contributed by atoms with Gasteiger partial charge in [0, 0.05) is 0 Å². The smallest absolute Gasteiger partial charge is 0.460 e. The van der Waals surface area contributed by atoms with Crippen LogP contribution in [-0.4, -0.2) is 45.4 Å². The fourth-order valence-corrected chi connectivity index (χ4v) is 2.88. The highest BCUT2D eigenvalue weighted by Gasteiger charge is 2.30. The SMILES string of the molecule is CCOC(=O)OC(=O)C[C@@H](CC(=O)OC(C)(C)C)O[SiH](C)C(C)(C)C. The molecule has 0 radical (unpaired) electrons. The first-order chi connectivity index (χ1) is 11.2. The van der Waals surface area contributed by atoms with Gasteiger partial charge in [-0.05, 0) is 39.3 Å². The first kappa shape index (κ1) is 23.6. The van der Waals surface area contributed by atoms with Crippen LogP contribution in [0.4, 0.5) is 4.79 Å². The Morgan fingerprint density at radius 2 is 1.48 bits per heavy atom. The van der Waals surface area contributed by atoms with Gasteiger partial charge in [-0.15, -0.1) is 0 Å². The van der Waals surface area contributed by atoms with Crippen LogP contribution in [0.1, 0.15) is 61.3 Å². The van der Waals surface area contributed by atoms with E-state index in [-0.39, 0.29) is 24.5 Å². The standard InChI is InChI=1S/C17H32O7Si/c1-9-21-15(20)22-13(18)10-12(24-25(8)17(5,6)7)11-14(19)23-16(2,3)4/h12,25H,9-11H2,1-8H3/t12-,25?/m0/s1. The Kier molecular flexibility index (Phi) is 9.35. The summed E-state index contributed by atoms with van der Waals surface area (Å²) in [6, 6.07) is 0. The van der Waals surface area contributed by atoms with Crippen LogP contribution in [0, 0.1) is 0 Å². The van der Waals surface area contributed by atoms with E-state index in [1.165, 1.54) is 0 Å². The van der Waals surface area contributed by atoms with Crippen LogP contribution >= 0.6 is 0 Å². The summed E-state index contributed by atoms with van der Waals surface area (Å²) < 4.78 is 20.4. The lowest BCUT2D eigenvalue weighted by atomic mass is 10.1. The fraction of sp³-hybridized carbons (Fsp3) is 0.824. The van der Waals surface area contributed by atoms with Gasteiger partial charge in [0.1, 0.15) is 5.60 Å². The first-order valence-corrected chi connectivity index (χ1v) is 10.7. The van der Waals surface area contributed by atoms with Gasteiger partial charge in [0.2, 0.25) is 0 Å². The van der Waals surface area contributed by atoms with E-state index in [0.29, 0.717) is 0 Å². The summed E-state index contributed by atoms with van der Waals surface area (Å²) in [5.41, 5.74) is -0.625. The number of esters is 2. The third kappa shape index (κ3) is 11.7. The number of carbonyl (C=O) groups is 3. The van der Waals surface area contributed by atoms with E-state index in [9.17, 15) is 14.4 Å². The molecule has 0 aliphatic rings. The van der Waals surface area contributed by atoms with E-state index in [0.717, 1.165) is 0 Å². The Bertz CT molecular complexity index is 463. The molecular formula is C17H32O7Si. The Hall–Kier alpha value is -1.41.